The Labute approximate surface area is 144 Å². The maximum Gasteiger partial charge on any atom is 0.276 e. The largest absolute Gasteiger partial charge is 0.391 e. The number of rotatable bonds is 2. The highest BCUT2D eigenvalue weighted by Crippen LogP contribution is 2.20. The van der Waals surface area contributed by atoms with E-state index >= 15 is 0 Å². The summed E-state index contributed by atoms with van der Waals surface area (Å²) in [5.41, 5.74) is 2.76. The van der Waals surface area contributed by atoms with E-state index in [0.29, 0.717) is 24.5 Å². The summed E-state index contributed by atoms with van der Waals surface area (Å²) in [6.07, 6.45) is 2.84. The molecule has 1 amide bonds. The molecule has 25 heavy (non-hydrogen) atoms. The number of β-amino-alcohol motifs (C(OH)–C–C–N with tert-alkyl or cyclic N) is 1. The Bertz CT molecular complexity index is 936. The van der Waals surface area contributed by atoms with Crippen LogP contribution in [0.15, 0.2) is 36.5 Å². The molecule has 0 spiro atoms. The molecule has 0 bridgehead atoms. The molecule has 0 aliphatic carbocycles. The molecule has 1 N–H and O–H groups in total. The molecule has 0 saturated carbocycles. The van der Waals surface area contributed by atoms with Crippen molar-refractivity contribution in [2.75, 3.05) is 13.1 Å². The molecule has 1 atom stereocenters. The predicted molar refractivity (Wildman–Crippen MR) is 92.5 cm³/mol. The van der Waals surface area contributed by atoms with Gasteiger partial charge >= 0.3 is 0 Å². The summed E-state index contributed by atoms with van der Waals surface area (Å²) >= 11 is 0. The first kappa shape index (κ1) is 15.7. The van der Waals surface area contributed by atoms with Gasteiger partial charge in [-0.25, -0.2) is 4.68 Å². The van der Waals surface area contributed by atoms with Crippen molar-refractivity contribution in [3.05, 3.63) is 47.9 Å². The zero-order chi connectivity index (χ0) is 17.4. The van der Waals surface area contributed by atoms with E-state index in [1.54, 1.807) is 15.8 Å². The number of aliphatic hydroxyl groups is 1. The Morgan fingerprint density at radius 1 is 1.32 bits per heavy atom. The molecule has 3 heterocycles. The van der Waals surface area contributed by atoms with Crippen molar-refractivity contribution in [1.82, 2.24) is 24.9 Å². The zero-order valence-corrected chi connectivity index (χ0v) is 14.0. The molecular formula is C18H19N5O2. The van der Waals surface area contributed by atoms with Crippen LogP contribution in [-0.2, 0) is 0 Å². The first-order valence-electron chi connectivity index (χ1n) is 8.38. The zero-order valence-electron chi connectivity index (χ0n) is 14.0. The third kappa shape index (κ3) is 2.87. The molecular weight excluding hydrogens is 318 g/mol. The number of likely N-dealkylation sites (tertiary alicyclic amines) is 1. The van der Waals surface area contributed by atoms with Crippen molar-refractivity contribution in [3.8, 4) is 5.69 Å². The number of hydrogen-bond acceptors (Lipinski definition) is 5. The highest BCUT2D eigenvalue weighted by Gasteiger charge is 2.27. The van der Waals surface area contributed by atoms with Crippen LogP contribution < -0.4 is 0 Å². The van der Waals surface area contributed by atoms with Crippen LogP contribution in [0.3, 0.4) is 0 Å². The summed E-state index contributed by atoms with van der Waals surface area (Å²) in [4.78, 5) is 18.7. The van der Waals surface area contributed by atoms with Gasteiger partial charge in [-0.2, -0.15) is 0 Å². The topological polar surface area (TPSA) is 84.1 Å². The van der Waals surface area contributed by atoms with Crippen molar-refractivity contribution >= 4 is 16.8 Å². The Morgan fingerprint density at radius 2 is 2.20 bits per heavy atom. The fourth-order valence-electron chi connectivity index (χ4n) is 3.26. The Hall–Kier alpha value is -2.80. The first-order chi connectivity index (χ1) is 12.1. The van der Waals surface area contributed by atoms with E-state index < -0.39 is 6.10 Å². The van der Waals surface area contributed by atoms with Gasteiger partial charge in [0.05, 0.1) is 23.0 Å². The number of amides is 1. The second-order valence-corrected chi connectivity index (χ2v) is 6.36. The number of fused-ring (bicyclic) bond motifs is 1. The van der Waals surface area contributed by atoms with E-state index in [1.807, 2.05) is 37.3 Å². The van der Waals surface area contributed by atoms with Gasteiger partial charge in [-0.3, -0.25) is 9.78 Å². The van der Waals surface area contributed by atoms with Gasteiger partial charge < -0.3 is 10.0 Å². The van der Waals surface area contributed by atoms with Crippen molar-refractivity contribution in [3.63, 3.8) is 0 Å². The number of pyridine rings is 1. The van der Waals surface area contributed by atoms with E-state index in [-0.39, 0.29) is 5.91 Å². The number of benzene rings is 1. The number of nitrogens with zero attached hydrogens (tertiary/aromatic N) is 5. The first-order valence-corrected chi connectivity index (χ1v) is 8.38. The number of carbonyl (C=O) groups excluding carboxylic acids is 1. The highest BCUT2D eigenvalue weighted by atomic mass is 16.3. The highest BCUT2D eigenvalue weighted by molar-refractivity contribution is 5.93. The van der Waals surface area contributed by atoms with E-state index in [0.717, 1.165) is 29.4 Å². The smallest absolute Gasteiger partial charge is 0.276 e. The van der Waals surface area contributed by atoms with Gasteiger partial charge in [0.25, 0.3) is 5.91 Å². The molecule has 1 unspecified atom stereocenters. The molecule has 2 aromatic heterocycles. The quantitative estimate of drug-likeness (QED) is 0.770. The van der Waals surface area contributed by atoms with Crippen LogP contribution in [0, 0.1) is 6.92 Å². The summed E-state index contributed by atoms with van der Waals surface area (Å²) in [5, 5.41) is 19.1. The summed E-state index contributed by atoms with van der Waals surface area (Å²) < 4.78 is 1.67. The third-order valence-corrected chi connectivity index (χ3v) is 4.61. The summed E-state index contributed by atoms with van der Waals surface area (Å²) in [7, 11) is 0. The fraction of sp³-hybridized carbons (Fsp3) is 0.333. The lowest BCUT2D eigenvalue weighted by molar-refractivity contribution is 0.0468. The fourth-order valence-corrected chi connectivity index (χ4v) is 3.26. The molecule has 1 aliphatic rings. The molecule has 4 rings (SSSR count). The van der Waals surface area contributed by atoms with Crippen molar-refractivity contribution in [2.45, 2.75) is 25.9 Å². The van der Waals surface area contributed by atoms with Crippen molar-refractivity contribution in [1.29, 1.82) is 0 Å². The van der Waals surface area contributed by atoms with E-state index in [1.165, 1.54) is 0 Å². The molecule has 1 saturated heterocycles. The van der Waals surface area contributed by atoms with E-state index in [2.05, 4.69) is 15.3 Å². The van der Waals surface area contributed by atoms with Gasteiger partial charge in [0, 0.05) is 24.7 Å². The maximum atomic E-state index is 12.7. The molecule has 7 heteroatoms. The molecule has 3 aromatic rings. The Kier molecular flexibility index (Phi) is 3.93. The van der Waals surface area contributed by atoms with E-state index in [9.17, 15) is 9.90 Å². The van der Waals surface area contributed by atoms with Gasteiger partial charge in [0.15, 0.2) is 5.69 Å². The van der Waals surface area contributed by atoms with Gasteiger partial charge in [0.2, 0.25) is 0 Å². The standard InChI is InChI=1S/C18H19N5O2/c1-12-17(18(25)22-9-3-5-15(24)11-22)20-21-23(12)14-6-7-16-13(10-14)4-2-8-19-16/h2,4,6-8,10,15,24H,3,5,9,11H2,1H3. The number of aromatic nitrogens is 4. The number of aliphatic hydroxyl groups excluding tert-OH is 1. The van der Waals surface area contributed by atoms with Crippen LogP contribution in [0.2, 0.25) is 0 Å². The van der Waals surface area contributed by atoms with Crippen LogP contribution in [0.1, 0.15) is 29.0 Å². The third-order valence-electron chi connectivity index (χ3n) is 4.61. The minimum absolute atomic E-state index is 0.176. The average Bonchev–Trinajstić information content (AvgIpc) is 3.02. The van der Waals surface area contributed by atoms with Crippen LogP contribution in [0.4, 0.5) is 0 Å². The lowest BCUT2D eigenvalue weighted by Crippen LogP contribution is -2.42. The monoisotopic (exact) mass is 337 g/mol. The van der Waals surface area contributed by atoms with Gasteiger partial charge in [-0.15, -0.1) is 5.10 Å². The van der Waals surface area contributed by atoms with Gasteiger partial charge in [-0.1, -0.05) is 11.3 Å². The summed E-state index contributed by atoms with van der Waals surface area (Å²) in [5.74, 6) is -0.176. The molecule has 7 nitrogen and oxygen atoms in total. The SMILES string of the molecule is Cc1c(C(=O)N2CCCC(O)C2)nnn1-c1ccc2ncccc2c1. The number of carbonyl (C=O) groups is 1. The number of hydrogen-bond donors (Lipinski definition) is 1. The second kappa shape index (κ2) is 6.25. The molecule has 128 valence electrons. The second-order valence-electron chi connectivity index (χ2n) is 6.36. The van der Waals surface area contributed by atoms with E-state index in [4.69, 9.17) is 0 Å². The summed E-state index contributed by atoms with van der Waals surface area (Å²) in [6, 6.07) is 9.68. The minimum Gasteiger partial charge on any atom is -0.391 e. The van der Waals surface area contributed by atoms with Crippen LogP contribution in [-0.4, -0.2) is 55.1 Å². The summed E-state index contributed by atoms with van der Waals surface area (Å²) in [6.45, 7) is 2.83. The number of piperidine rings is 1. The van der Waals surface area contributed by atoms with Gasteiger partial charge in [0.1, 0.15) is 0 Å². The minimum atomic E-state index is -0.457. The normalized spacial score (nSPS) is 17.8. The van der Waals surface area contributed by atoms with Crippen LogP contribution in [0.25, 0.3) is 16.6 Å². The maximum absolute atomic E-state index is 12.7. The Balaban J connectivity index is 1.67. The molecule has 1 aliphatic heterocycles. The lowest BCUT2D eigenvalue weighted by Gasteiger charge is -2.29. The van der Waals surface area contributed by atoms with Crippen LogP contribution >= 0.6 is 0 Å². The predicted octanol–water partition coefficient (Wildman–Crippen LogP) is 1.72. The Morgan fingerprint density at radius 3 is 3.04 bits per heavy atom. The average molecular weight is 337 g/mol. The van der Waals surface area contributed by atoms with Crippen LogP contribution in [0.5, 0.6) is 0 Å². The van der Waals surface area contributed by atoms with Crippen molar-refractivity contribution in [2.24, 2.45) is 0 Å². The molecule has 1 aromatic carbocycles. The molecule has 0 radical (unpaired) electrons. The molecule has 1 fully saturated rings. The van der Waals surface area contributed by atoms with Gasteiger partial charge in [-0.05, 0) is 44.0 Å². The lowest BCUT2D eigenvalue weighted by atomic mass is 10.1. The van der Waals surface area contributed by atoms with Crippen molar-refractivity contribution < 1.29 is 9.90 Å².